The van der Waals surface area contributed by atoms with Crippen LogP contribution in [0, 0.1) is 5.92 Å². The summed E-state index contributed by atoms with van der Waals surface area (Å²) < 4.78 is 38.0. The molecule has 0 spiro atoms. The topological polar surface area (TPSA) is 72.1 Å². The normalized spacial score (nSPS) is 17.3. The van der Waals surface area contributed by atoms with Crippen LogP contribution in [0.25, 0.3) is 11.0 Å². The van der Waals surface area contributed by atoms with Gasteiger partial charge in [0.25, 0.3) is 0 Å². The zero-order valence-corrected chi connectivity index (χ0v) is 17.1. The molecule has 1 atom stereocenters. The minimum Gasteiger partial charge on any atom is -0.387 e. The molecule has 0 amide bonds. The summed E-state index contributed by atoms with van der Waals surface area (Å²) in [5.74, 6) is 0.539. The van der Waals surface area contributed by atoms with E-state index in [-0.39, 0.29) is 5.69 Å². The van der Waals surface area contributed by atoms with Gasteiger partial charge in [-0.05, 0) is 80.1 Å². The summed E-state index contributed by atoms with van der Waals surface area (Å²) in [6, 6.07) is 10.9. The van der Waals surface area contributed by atoms with Crippen molar-refractivity contribution in [2.75, 3.05) is 19.6 Å². The van der Waals surface area contributed by atoms with Gasteiger partial charge in [0.15, 0.2) is 0 Å². The van der Waals surface area contributed by atoms with Gasteiger partial charge in [0.1, 0.15) is 0 Å². The summed E-state index contributed by atoms with van der Waals surface area (Å²) in [5.41, 5.74) is 2.24. The Morgan fingerprint density at radius 1 is 1.03 bits per heavy atom. The van der Waals surface area contributed by atoms with E-state index < -0.39 is 17.8 Å². The number of piperidine rings is 1. The Morgan fingerprint density at radius 2 is 1.71 bits per heavy atom. The van der Waals surface area contributed by atoms with Gasteiger partial charge in [-0.15, -0.1) is 0 Å². The number of nitrogens with one attached hydrogen (secondary N) is 2. The van der Waals surface area contributed by atoms with Gasteiger partial charge in [-0.1, -0.05) is 18.2 Å². The van der Waals surface area contributed by atoms with Gasteiger partial charge in [0, 0.05) is 6.54 Å². The van der Waals surface area contributed by atoms with Gasteiger partial charge in [0.2, 0.25) is 0 Å². The zero-order valence-electron chi connectivity index (χ0n) is 17.1. The van der Waals surface area contributed by atoms with Crippen LogP contribution in [0.5, 0.6) is 0 Å². The highest BCUT2D eigenvalue weighted by Crippen LogP contribution is 2.30. The monoisotopic (exact) mass is 433 g/mol. The maximum Gasteiger partial charge on any atom is 0.416 e. The highest BCUT2D eigenvalue weighted by Gasteiger charge is 2.30. The number of aliphatic hydroxyl groups is 1. The van der Waals surface area contributed by atoms with E-state index in [0.29, 0.717) is 18.0 Å². The van der Waals surface area contributed by atoms with Crippen molar-refractivity contribution in [3.63, 3.8) is 0 Å². The first-order valence-electron chi connectivity index (χ1n) is 10.6. The first kappa shape index (κ1) is 21.6. The molecule has 0 aliphatic carbocycles. The number of rotatable bonds is 6. The molecule has 5 nitrogen and oxygen atoms in total. The number of aromatic amines is 2. The summed E-state index contributed by atoms with van der Waals surface area (Å²) in [7, 11) is 0. The summed E-state index contributed by atoms with van der Waals surface area (Å²) >= 11 is 0. The second kappa shape index (κ2) is 8.88. The van der Waals surface area contributed by atoms with Crippen LogP contribution in [0.3, 0.4) is 0 Å². The lowest BCUT2D eigenvalue weighted by atomic mass is 9.90. The molecular formula is C23H26F3N3O2. The Bertz CT molecular complexity index is 1060. The van der Waals surface area contributed by atoms with E-state index in [1.54, 1.807) is 24.3 Å². The van der Waals surface area contributed by atoms with Crippen molar-refractivity contribution in [2.45, 2.75) is 38.0 Å². The molecule has 0 saturated carbocycles. The second-order valence-corrected chi connectivity index (χ2v) is 8.38. The Kier molecular flexibility index (Phi) is 6.20. The molecule has 166 valence electrons. The number of nitrogens with zero attached hydrogens (tertiary/aromatic N) is 1. The number of aliphatic hydroxyl groups excluding tert-OH is 1. The van der Waals surface area contributed by atoms with E-state index in [1.807, 2.05) is 6.07 Å². The quantitative estimate of drug-likeness (QED) is 0.544. The lowest BCUT2D eigenvalue weighted by Gasteiger charge is -2.33. The highest BCUT2D eigenvalue weighted by molar-refractivity contribution is 5.75. The molecule has 1 aromatic heterocycles. The van der Waals surface area contributed by atoms with Gasteiger partial charge < -0.3 is 20.0 Å². The molecule has 3 aromatic rings. The number of aromatic nitrogens is 2. The third kappa shape index (κ3) is 5.37. The molecule has 4 rings (SSSR count). The standard InChI is InChI=1S/C23H26F3N3O2/c24-23(25,26)18-6-3-15(4-7-18)1-2-16-9-11-29(12-10-16)14-21(30)17-5-8-19-20(13-17)28-22(31)27-19/h3-8,13,16,21,30H,1-2,9-12,14H2,(H2,27,28,31). The number of H-pyrrole nitrogens is 2. The number of fused-ring (bicyclic) bond motifs is 1. The molecule has 3 N–H and O–H groups in total. The van der Waals surface area contributed by atoms with E-state index in [1.165, 1.54) is 0 Å². The van der Waals surface area contributed by atoms with E-state index in [4.69, 9.17) is 0 Å². The first-order valence-corrected chi connectivity index (χ1v) is 10.6. The lowest BCUT2D eigenvalue weighted by Crippen LogP contribution is -2.36. The molecule has 1 aliphatic heterocycles. The molecule has 2 heterocycles. The molecule has 1 saturated heterocycles. The van der Waals surface area contributed by atoms with Gasteiger partial charge in [-0.2, -0.15) is 13.2 Å². The van der Waals surface area contributed by atoms with Crippen LogP contribution in [0.4, 0.5) is 13.2 Å². The van der Waals surface area contributed by atoms with Crippen LogP contribution in [-0.2, 0) is 12.6 Å². The van der Waals surface area contributed by atoms with Crippen LogP contribution in [0.15, 0.2) is 47.3 Å². The molecule has 1 fully saturated rings. The maximum absolute atomic E-state index is 12.7. The molecule has 0 bridgehead atoms. The van der Waals surface area contributed by atoms with Crippen molar-refractivity contribution >= 4 is 11.0 Å². The number of hydrogen-bond acceptors (Lipinski definition) is 3. The van der Waals surface area contributed by atoms with E-state index in [2.05, 4.69) is 14.9 Å². The summed E-state index contributed by atoms with van der Waals surface area (Å²) in [5, 5.41) is 10.6. The number of alkyl halides is 3. The van der Waals surface area contributed by atoms with E-state index >= 15 is 0 Å². The number of β-amino-alcohol motifs (C(OH)–C–C–N with tert-alkyl or cyclic N) is 1. The Labute approximate surface area is 177 Å². The van der Waals surface area contributed by atoms with Crippen molar-refractivity contribution in [3.05, 3.63) is 69.6 Å². The predicted octanol–water partition coefficient (Wildman–Crippen LogP) is 4.25. The Morgan fingerprint density at radius 3 is 2.39 bits per heavy atom. The van der Waals surface area contributed by atoms with Crippen LogP contribution < -0.4 is 5.69 Å². The average molecular weight is 433 g/mol. The number of likely N-dealkylation sites (tertiary alicyclic amines) is 1. The van der Waals surface area contributed by atoms with Gasteiger partial charge in [-0.25, -0.2) is 4.79 Å². The smallest absolute Gasteiger partial charge is 0.387 e. The largest absolute Gasteiger partial charge is 0.416 e. The Balaban J connectivity index is 1.24. The number of hydrogen-bond donors (Lipinski definition) is 3. The van der Waals surface area contributed by atoms with Crippen LogP contribution >= 0.6 is 0 Å². The summed E-state index contributed by atoms with van der Waals surface area (Å²) in [4.78, 5) is 19.0. The van der Waals surface area contributed by atoms with E-state index in [0.717, 1.165) is 67.5 Å². The minimum absolute atomic E-state index is 0.264. The molecule has 8 heteroatoms. The predicted molar refractivity (Wildman–Crippen MR) is 113 cm³/mol. The van der Waals surface area contributed by atoms with Crippen molar-refractivity contribution in [3.8, 4) is 0 Å². The van der Waals surface area contributed by atoms with Gasteiger partial charge in [0.05, 0.1) is 22.7 Å². The fourth-order valence-corrected chi connectivity index (χ4v) is 4.30. The van der Waals surface area contributed by atoms with Crippen molar-refractivity contribution in [1.82, 2.24) is 14.9 Å². The average Bonchev–Trinajstić information content (AvgIpc) is 3.12. The number of benzene rings is 2. The first-order chi connectivity index (χ1) is 14.8. The van der Waals surface area contributed by atoms with Crippen LogP contribution in [-0.4, -0.2) is 39.6 Å². The van der Waals surface area contributed by atoms with Gasteiger partial charge >= 0.3 is 11.9 Å². The molecular weight excluding hydrogens is 407 g/mol. The number of halogens is 3. The molecule has 31 heavy (non-hydrogen) atoms. The Hall–Kier alpha value is -2.58. The fraction of sp³-hybridized carbons (Fsp3) is 0.435. The van der Waals surface area contributed by atoms with Crippen LogP contribution in [0.1, 0.15) is 42.1 Å². The number of imidazole rings is 1. The van der Waals surface area contributed by atoms with Crippen molar-refractivity contribution < 1.29 is 18.3 Å². The lowest BCUT2D eigenvalue weighted by molar-refractivity contribution is -0.137. The maximum atomic E-state index is 12.7. The van der Waals surface area contributed by atoms with Crippen molar-refractivity contribution in [1.29, 1.82) is 0 Å². The third-order valence-corrected chi connectivity index (χ3v) is 6.19. The SMILES string of the molecule is O=c1[nH]c2ccc(C(O)CN3CCC(CCc4ccc(C(F)(F)F)cc4)CC3)cc2[nH]1. The number of aryl methyl sites for hydroxylation is 1. The summed E-state index contributed by atoms with van der Waals surface area (Å²) in [6.45, 7) is 2.31. The van der Waals surface area contributed by atoms with Crippen molar-refractivity contribution in [2.24, 2.45) is 5.92 Å². The van der Waals surface area contributed by atoms with E-state index in [9.17, 15) is 23.1 Å². The zero-order chi connectivity index (χ0) is 22.0. The third-order valence-electron chi connectivity index (χ3n) is 6.19. The fourth-order valence-electron chi connectivity index (χ4n) is 4.30. The highest BCUT2D eigenvalue weighted by atomic mass is 19.4. The van der Waals surface area contributed by atoms with Gasteiger partial charge in [-0.3, -0.25) is 0 Å². The minimum atomic E-state index is -4.29. The molecule has 1 unspecified atom stereocenters. The second-order valence-electron chi connectivity index (χ2n) is 8.38. The molecule has 2 aromatic carbocycles. The molecule has 1 aliphatic rings. The summed E-state index contributed by atoms with van der Waals surface area (Å²) in [6.07, 6.45) is -1.17. The van der Waals surface area contributed by atoms with Crippen LogP contribution in [0.2, 0.25) is 0 Å². The molecule has 0 radical (unpaired) electrons.